The average Bonchev–Trinajstić information content (AvgIpc) is 2.82. The van der Waals surface area contributed by atoms with E-state index in [1.54, 1.807) is 0 Å². The minimum atomic E-state index is -3.38. The van der Waals surface area contributed by atoms with E-state index < -0.39 is 36.4 Å². The number of alkyl halides is 2. The number of rotatable bonds is 11. The van der Waals surface area contributed by atoms with E-state index in [0.29, 0.717) is 38.5 Å². The molecule has 0 bridgehead atoms. The fraction of sp³-hybridized carbons (Fsp3) is 0.700. The summed E-state index contributed by atoms with van der Waals surface area (Å²) in [5.74, 6) is 0.401. The summed E-state index contributed by atoms with van der Waals surface area (Å²) < 4.78 is 27.6. The highest BCUT2D eigenvalue weighted by Gasteiger charge is 2.52. The molecule has 7 heteroatoms. The molecule has 152 valence electrons. The van der Waals surface area contributed by atoms with Crippen LogP contribution in [0.2, 0.25) is 0 Å². The van der Waals surface area contributed by atoms with Gasteiger partial charge in [0.2, 0.25) is 0 Å². The molecule has 1 saturated heterocycles. The number of carboxylic acids is 1. The number of aliphatic hydroxyl groups excluding tert-OH is 1. The van der Waals surface area contributed by atoms with E-state index in [-0.39, 0.29) is 13.0 Å². The van der Waals surface area contributed by atoms with Crippen molar-refractivity contribution in [1.29, 1.82) is 0 Å². The van der Waals surface area contributed by atoms with Gasteiger partial charge in [-0.1, -0.05) is 31.9 Å². The number of likely N-dealkylation sites (tertiary alicyclic amines) is 1. The van der Waals surface area contributed by atoms with Gasteiger partial charge in [-0.25, -0.2) is 0 Å². The first-order chi connectivity index (χ1) is 12.8. The zero-order valence-electron chi connectivity index (χ0n) is 15.8. The molecule has 1 rings (SSSR count). The standard InChI is InChI=1S/C20H29F2NO4/c1-2-3-4-7-10-17(24)13-12-16-15-20(21,22)19(27)23(16)14-9-6-5-8-11-18(25)26/h12-13,16-17,24H,2,5-11,14-15H2,1H3,(H,25,26)/b13-12+/t16-,17?/m0/s1. The SMILES string of the molecule is CCC#CCCC(O)/C=C/[C@H]1CC(F)(F)C(=O)N1CCCCCCC(=O)O. The third-order valence-electron chi connectivity index (χ3n) is 4.40. The average molecular weight is 385 g/mol. The molecule has 1 fully saturated rings. The van der Waals surface area contributed by atoms with Crippen molar-refractivity contribution >= 4 is 11.9 Å². The van der Waals surface area contributed by atoms with Crippen LogP contribution < -0.4 is 0 Å². The monoisotopic (exact) mass is 385 g/mol. The number of carbonyl (C=O) groups is 2. The van der Waals surface area contributed by atoms with Gasteiger partial charge in [-0.3, -0.25) is 9.59 Å². The number of carbonyl (C=O) groups excluding carboxylic acids is 1. The maximum absolute atomic E-state index is 13.8. The summed E-state index contributed by atoms with van der Waals surface area (Å²) in [4.78, 5) is 23.5. The van der Waals surface area contributed by atoms with Crippen LogP contribution in [0.3, 0.4) is 0 Å². The molecule has 0 aromatic rings. The second-order valence-corrected chi connectivity index (χ2v) is 6.73. The molecule has 2 N–H and O–H groups in total. The van der Waals surface area contributed by atoms with Crippen LogP contribution in [0.4, 0.5) is 8.78 Å². The quantitative estimate of drug-likeness (QED) is 0.325. The number of halogens is 2. The van der Waals surface area contributed by atoms with Crippen molar-refractivity contribution in [2.75, 3.05) is 6.54 Å². The Balaban J connectivity index is 2.50. The summed E-state index contributed by atoms with van der Waals surface area (Å²) >= 11 is 0. The van der Waals surface area contributed by atoms with E-state index in [4.69, 9.17) is 5.11 Å². The normalized spacial score (nSPS) is 19.9. The second kappa shape index (κ2) is 11.7. The molecule has 0 aromatic carbocycles. The van der Waals surface area contributed by atoms with E-state index in [2.05, 4.69) is 11.8 Å². The number of aliphatic hydroxyl groups is 1. The van der Waals surface area contributed by atoms with Gasteiger partial charge in [0.15, 0.2) is 0 Å². The Morgan fingerprint density at radius 2 is 2.04 bits per heavy atom. The predicted octanol–water partition coefficient (Wildman–Crippen LogP) is 3.37. The molecule has 0 saturated carbocycles. The number of carboxylic acid groups (broad SMARTS) is 1. The Kier molecular flexibility index (Phi) is 10.0. The summed E-state index contributed by atoms with van der Waals surface area (Å²) in [6, 6.07) is -0.733. The van der Waals surface area contributed by atoms with Crippen molar-refractivity contribution in [3.8, 4) is 11.8 Å². The zero-order valence-corrected chi connectivity index (χ0v) is 15.8. The summed E-state index contributed by atoms with van der Waals surface area (Å²) in [7, 11) is 0. The second-order valence-electron chi connectivity index (χ2n) is 6.73. The fourth-order valence-corrected chi connectivity index (χ4v) is 2.96. The molecule has 1 aliphatic heterocycles. The molecule has 1 amide bonds. The lowest BCUT2D eigenvalue weighted by atomic mass is 10.1. The molecule has 1 aliphatic rings. The van der Waals surface area contributed by atoms with Crippen LogP contribution in [0.1, 0.15) is 64.7 Å². The summed E-state index contributed by atoms with van der Waals surface area (Å²) in [5.41, 5.74) is 0. The Bertz CT molecular complexity index is 580. The van der Waals surface area contributed by atoms with Crippen LogP contribution in [-0.2, 0) is 9.59 Å². The summed E-state index contributed by atoms with van der Waals surface area (Å²) in [6.45, 7) is 2.13. The highest BCUT2D eigenvalue weighted by Crippen LogP contribution is 2.34. The van der Waals surface area contributed by atoms with Crippen molar-refractivity contribution in [3.63, 3.8) is 0 Å². The number of hydrogen-bond acceptors (Lipinski definition) is 3. The lowest BCUT2D eigenvalue weighted by Crippen LogP contribution is -2.36. The maximum Gasteiger partial charge on any atom is 0.327 e. The van der Waals surface area contributed by atoms with Gasteiger partial charge in [0.1, 0.15) is 0 Å². The molecule has 1 unspecified atom stereocenters. The number of aliphatic carboxylic acids is 1. The molecule has 0 aromatic heterocycles. The van der Waals surface area contributed by atoms with Crippen LogP contribution in [-0.4, -0.2) is 51.6 Å². The molecule has 0 radical (unpaired) electrons. The Morgan fingerprint density at radius 1 is 1.33 bits per heavy atom. The highest BCUT2D eigenvalue weighted by molar-refractivity contribution is 5.86. The van der Waals surface area contributed by atoms with Gasteiger partial charge in [0, 0.05) is 32.2 Å². The van der Waals surface area contributed by atoms with Gasteiger partial charge >= 0.3 is 11.9 Å². The molecule has 2 atom stereocenters. The van der Waals surface area contributed by atoms with Gasteiger partial charge in [0.25, 0.3) is 5.91 Å². The fourth-order valence-electron chi connectivity index (χ4n) is 2.96. The van der Waals surface area contributed by atoms with Gasteiger partial charge in [-0.15, -0.1) is 11.8 Å². The molecule has 0 spiro atoms. The first-order valence-corrected chi connectivity index (χ1v) is 9.50. The van der Waals surface area contributed by atoms with Gasteiger partial charge < -0.3 is 15.1 Å². The molecule has 0 aliphatic carbocycles. The van der Waals surface area contributed by atoms with Crippen LogP contribution in [0.25, 0.3) is 0 Å². The first-order valence-electron chi connectivity index (χ1n) is 9.50. The molecular formula is C20H29F2NO4. The molecular weight excluding hydrogens is 356 g/mol. The molecule has 1 heterocycles. The lowest BCUT2D eigenvalue weighted by molar-refractivity contribution is -0.148. The van der Waals surface area contributed by atoms with E-state index >= 15 is 0 Å². The summed E-state index contributed by atoms with van der Waals surface area (Å²) in [6.07, 6.45) is 5.82. The third kappa shape index (κ3) is 8.53. The maximum atomic E-state index is 13.8. The first kappa shape index (κ1) is 23.1. The summed E-state index contributed by atoms with van der Waals surface area (Å²) in [5, 5.41) is 18.5. The Hall–Kier alpha value is -1.94. The lowest BCUT2D eigenvalue weighted by Gasteiger charge is -2.22. The van der Waals surface area contributed by atoms with Crippen LogP contribution in [0.5, 0.6) is 0 Å². The Labute approximate surface area is 159 Å². The van der Waals surface area contributed by atoms with Gasteiger partial charge in [-0.05, 0) is 19.3 Å². The minimum absolute atomic E-state index is 0.0899. The van der Waals surface area contributed by atoms with Crippen LogP contribution >= 0.6 is 0 Å². The third-order valence-corrected chi connectivity index (χ3v) is 4.40. The van der Waals surface area contributed by atoms with Crippen molar-refractivity contribution < 1.29 is 28.6 Å². The van der Waals surface area contributed by atoms with Crippen molar-refractivity contribution in [1.82, 2.24) is 4.90 Å². The van der Waals surface area contributed by atoms with Crippen LogP contribution in [0, 0.1) is 11.8 Å². The van der Waals surface area contributed by atoms with E-state index in [9.17, 15) is 23.5 Å². The van der Waals surface area contributed by atoms with E-state index in [0.717, 1.165) is 11.3 Å². The topological polar surface area (TPSA) is 77.8 Å². The van der Waals surface area contributed by atoms with E-state index in [1.165, 1.54) is 12.2 Å². The number of nitrogens with zero attached hydrogens (tertiary/aromatic N) is 1. The zero-order chi connectivity index (χ0) is 20.3. The highest BCUT2D eigenvalue weighted by atomic mass is 19.3. The van der Waals surface area contributed by atoms with Gasteiger partial charge in [0.05, 0.1) is 12.1 Å². The predicted molar refractivity (Wildman–Crippen MR) is 98.2 cm³/mol. The van der Waals surface area contributed by atoms with Crippen molar-refractivity contribution in [2.45, 2.75) is 82.8 Å². The van der Waals surface area contributed by atoms with Crippen molar-refractivity contribution in [3.05, 3.63) is 12.2 Å². The van der Waals surface area contributed by atoms with Crippen LogP contribution in [0.15, 0.2) is 12.2 Å². The minimum Gasteiger partial charge on any atom is -0.481 e. The number of hydrogen-bond donors (Lipinski definition) is 2. The Morgan fingerprint density at radius 3 is 2.70 bits per heavy atom. The van der Waals surface area contributed by atoms with Crippen molar-refractivity contribution in [2.24, 2.45) is 0 Å². The van der Waals surface area contributed by atoms with E-state index in [1.807, 2.05) is 6.92 Å². The van der Waals surface area contributed by atoms with Gasteiger partial charge in [-0.2, -0.15) is 8.78 Å². The number of unbranched alkanes of at least 4 members (excludes halogenated alkanes) is 3. The molecule has 27 heavy (non-hydrogen) atoms. The smallest absolute Gasteiger partial charge is 0.327 e. The largest absolute Gasteiger partial charge is 0.481 e. The molecule has 5 nitrogen and oxygen atoms in total. The number of amides is 1.